The summed E-state index contributed by atoms with van der Waals surface area (Å²) in [5.41, 5.74) is 4.46. The number of oxazole rings is 1. The second-order valence-electron chi connectivity index (χ2n) is 5.54. The second-order valence-corrected chi connectivity index (χ2v) is 5.54. The Hall–Kier alpha value is -2.16. The van der Waals surface area contributed by atoms with Gasteiger partial charge in [0.05, 0.1) is 0 Å². The molecule has 0 aliphatic heterocycles. The highest BCUT2D eigenvalue weighted by molar-refractivity contribution is 5.71. The molecule has 3 nitrogen and oxygen atoms in total. The Balaban J connectivity index is 2.24. The Morgan fingerprint density at radius 3 is 2.55 bits per heavy atom. The van der Waals surface area contributed by atoms with Crippen LogP contribution in [0.2, 0.25) is 0 Å². The summed E-state index contributed by atoms with van der Waals surface area (Å²) < 4.78 is 10.2. The minimum atomic E-state index is 0.519. The van der Waals surface area contributed by atoms with Gasteiger partial charge in [0.2, 0.25) is 5.58 Å². The van der Waals surface area contributed by atoms with Crippen molar-refractivity contribution in [3.8, 4) is 11.6 Å². The van der Waals surface area contributed by atoms with Gasteiger partial charge >= 0.3 is 11.6 Å². The van der Waals surface area contributed by atoms with E-state index in [4.69, 9.17) is 4.42 Å². The first-order valence-corrected chi connectivity index (χ1v) is 6.95. The van der Waals surface area contributed by atoms with Gasteiger partial charge in [-0.05, 0) is 23.6 Å². The van der Waals surface area contributed by atoms with Crippen LogP contribution in [-0.2, 0) is 14.1 Å². The molecule has 0 bridgehead atoms. The number of aryl methyl sites for hydroxylation is 2. The van der Waals surface area contributed by atoms with E-state index < -0.39 is 0 Å². The monoisotopic (exact) mass is 268 g/mol. The van der Waals surface area contributed by atoms with Crippen molar-refractivity contribution in [3.63, 3.8) is 0 Å². The van der Waals surface area contributed by atoms with Gasteiger partial charge in [-0.2, -0.15) is 9.13 Å². The molecule has 0 saturated carbocycles. The molecular formula is C17H20N2O+2. The third kappa shape index (κ3) is 1.99. The zero-order valence-corrected chi connectivity index (χ0v) is 12.4. The van der Waals surface area contributed by atoms with Crippen LogP contribution in [0.4, 0.5) is 0 Å². The van der Waals surface area contributed by atoms with E-state index >= 15 is 0 Å². The summed E-state index contributed by atoms with van der Waals surface area (Å²) in [7, 11) is 4.08. The molecule has 20 heavy (non-hydrogen) atoms. The number of hydrogen-bond donors (Lipinski definition) is 0. The quantitative estimate of drug-likeness (QED) is 0.655. The highest BCUT2D eigenvalue weighted by Gasteiger charge is 2.27. The Bertz CT molecular complexity index is 772. The van der Waals surface area contributed by atoms with Crippen molar-refractivity contribution >= 4 is 11.1 Å². The summed E-state index contributed by atoms with van der Waals surface area (Å²) in [6.07, 6.45) is 2.03. The van der Waals surface area contributed by atoms with Gasteiger partial charge in [0.25, 0.3) is 5.52 Å². The Labute approximate surface area is 119 Å². The van der Waals surface area contributed by atoms with Gasteiger partial charge in [0, 0.05) is 18.2 Å². The summed E-state index contributed by atoms with van der Waals surface area (Å²) in [5, 5.41) is 0. The molecular weight excluding hydrogens is 248 g/mol. The molecule has 3 rings (SSSR count). The lowest BCUT2D eigenvalue weighted by Crippen LogP contribution is -2.36. The van der Waals surface area contributed by atoms with Gasteiger partial charge in [-0.3, -0.25) is 0 Å². The molecule has 0 aliphatic rings. The predicted octanol–water partition coefficient (Wildman–Crippen LogP) is 2.87. The molecule has 0 spiro atoms. The predicted molar refractivity (Wildman–Crippen MR) is 78.1 cm³/mol. The lowest BCUT2D eigenvalue weighted by Gasteiger charge is -2.01. The zero-order valence-electron chi connectivity index (χ0n) is 12.4. The van der Waals surface area contributed by atoms with Crippen LogP contribution in [0.15, 0.2) is 47.0 Å². The number of fused-ring (bicyclic) bond motifs is 1. The van der Waals surface area contributed by atoms with E-state index in [1.165, 1.54) is 5.56 Å². The average Bonchev–Trinajstić information content (AvgIpc) is 2.76. The maximum Gasteiger partial charge on any atom is 0.448 e. The fourth-order valence-corrected chi connectivity index (χ4v) is 2.49. The fourth-order valence-electron chi connectivity index (χ4n) is 2.49. The smallest absolute Gasteiger partial charge is 0.393 e. The molecule has 0 aliphatic carbocycles. The minimum Gasteiger partial charge on any atom is -0.393 e. The van der Waals surface area contributed by atoms with Crippen molar-refractivity contribution in [1.82, 2.24) is 0 Å². The van der Waals surface area contributed by atoms with Gasteiger partial charge < -0.3 is 4.42 Å². The first-order chi connectivity index (χ1) is 9.58. The number of benzene rings is 1. The molecule has 0 saturated heterocycles. The van der Waals surface area contributed by atoms with Gasteiger partial charge in [0.1, 0.15) is 14.1 Å². The van der Waals surface area contributed by atoms with Crippen molar-refractivity contribution in [2.24, 2.45) is 14.1 Å². The zero-order chi connectivity index (χ0) is 14.3. The van der Waals surface area contributed by atoms with Gasteiger partial charge in [-0.15, -0.1) is 0 Å². The summed E-state index contributed by atoms with van der Waals surface area (Å²) >= 11 is 0. The maximum absolute atomic E-state index is 6.04. The maximum atomic E-state index is 6.04. The van der Waals surface area contributed by atoms with Gasteiger partial charge in [-0.25, -0.2) is 0 Å². The van der Waals surface area contributed by atoms with E-state index in [9.17, 15) is 0 Å². The van der Waals surface area contributed by atoms with Crippen molar-refractivity contribution in [2.75, 3.05) is 0 Å². The summed E-state index contributed by atoms with van der Waals surface area (Å²) in [4.78, 5) is 0. The number of hydrogen-bond acceptors (Lipinski definition) is 1. The van der Waals surface area contributed by atoms with E-state index in [1.54, 1.807) is 0 Å². The van der Waals surface area contributed by atoms with Crippen LogP contribution in [-0.4, -0.2) is 0 Å². The summed E-state index contributed by atoms with van der Waals surface area (Å²) in [6.45, 7) is 4.42. The summed E-state index contributed by atoms with van der Waals surface area (Å²) in [5.74, 6) is 1.40. The number of pyridine rings is 1. The van der Waals surface area contributed by atoms with E-state index in [-0.39, 0.29) is 0 Å². The normalized spacial score (nSPS) is 11.4. The van der Waals surface area contributed by atoms with Crippen LogP contribution in [0.25, 0.3) is 22.7 Å². The third-order valence-electron chi connectivity index (χ3n) is 3.80. The molecule has 0 N–H and O–H groups in total. The van der Waals surface area contributed by atoms with Gasteiger partial charge in [0.15, 0.2) is 6.20 Å². The van der Waals surface area contributed by atoms with E-state index in [1.807, 2.05) is 25.4 Å². The first-order valence-electron chi connectivity index (χ1n) is 6.95. The minimum absolute atomic E-state index is 0.519. The Morgan fingerprint density at radius 2 is 1.85 bits per heavy atom. The highest BCUT2D eigenvalue weighted by Crippen LogP contribution is 2.23. The standard InChI is InChI=1S/C17H20N2O/c1-12(2)13-8-9-16-15(11-13)19(4)17(20-16)14-7-5-6-10-18(14)3/h5-12H,1-4H3/q+2. The van der Waals surface area contributed by atoms with Crippen LogP contribution in [0.5, 0.6) is 0 Å². The Morgan fingerprint density at radius 1 is 1.05 bits per heavy atom. The molecule has 0 atom stereocenters. The van der Waals surface area contributed by atoms with E-state index in [0.29, 0.717) is 5.92 Å². The van der Waals surface area contributed by atoms with Crippen LogP contribution in [0.3, 0.4) is 0 Å². The van der Waals surface area contributed by atoms with Crippen molar-refractivity contribution in [1.29, 1.82) is 0 Å². The van der Waals surface area contributed by atoms with Crippen LogP contribution in [0, 0.1) is 0 Å². The number of aromatic nitrogens is 2. The molecule has 0 unspecified atom stereocenters. The van der Waals surface area contributed by atoms with Gasteiger partial charge in [-0.1, -0.05) is 19.9 Å². The molecule has 3 aromatic rings. The fraction of sp³-hybridized carbons (Fsp3) is 0.294. The number of nitrogens with zero attached hydrogens (tertiary/aromatic N) is 2. The van der Waals surface area contributed by atoms with E-state index in [2.05, 4.69) is 54.3 Å². The van der Waals surface area contributed by atoms with E-state index in [0.717, 1.165) is 22.7 Å². The molecule has 0 amide bonds. The molecule has 1 aromatic carbocycles. The topological polar surface area (TPSA) is 20.9 Å². The number of rotatable bonds is 2. The summed E-state index contributed by atoms with van der Waals surface area (Å²) in [6, 6.07) is 12.5. The molecule has 0 fully saturated rings. The van der Waals surface area contributed by atoms with Crippen molar-refractivity contribution in [3.05, 3.63) is 48.2 Å². The molecule has 102 valence electrons. The first kappa shape index (κ1) is 12.9. The Kier molecular flexibility index (Phi) is 3.05. The molecule has 2 heterocycles. The van der Waals surface area contributed by atoms with Crippen LogP contribution < -0.4 is 9.13 Å². The molecule has 3 heteroatoms. The van der Waals surface area contributed by atoms with Crippen LogP contribution in [0.1, 0.15) is 25.3 Å². The molecule has 2 aromatic heterocycles. The largest absolute Gasteiger partial charge is 0.448 e. The average molecular weight is 268 g/mol. The lowest BCUT2D eigenvalue weighted by atomic mass is 10.0. The van der Waals surface area contributed by atoms with Crippen molar-refractivity contribution in [2.45, 2.75) is 19.8 Å². The van der Waals surface area contributed by atoms with Crippen LogP contribution >= 0.6 is 0 Å². The molecule has 0 radical (unpaired) electrons. The third-order valence-corrected chi connectivity index (χ3v) is 3.80. The SMILES string of the molecule is CC(C)c1ccc2oc(-c3cccc[n+]3C)[n+](C)c2c1. The highest BCUT2D eigenvalue weighted by atomic mass is 16.4. The van der Waals surface area contributed by atoms with Crippen molar-refractivity contribution < 1.29 is 13.6 Å². The second kappa shape index (κ2) is 4.75. The lowest BCUT2D eigenvalue weighted by molar-refractivity contribution is -0.682.